The number of thioether (sulfide) groups is 1. The molecule has 0 saturated carbocycles. The summed E-state index contributed by atoms with van der Waals surface area (Å²) in [7, 11) is 1.63. The largest absolute Gasteiger partial charge is 0.497 e. The SMILES string of the molecule is COc1ccc(-c2nsc3c(SCC(=O)Nc4ccc(NC(C)=O)cc4)ncnc23)cc1. The van der Waals surface area contributed by atoms with Gasteiger partial charge in [0.05, 0.1) is 12.9 Å². The fourth-order valence-corrected chi connectivity index (χ4v) is 4.67. The summed E-state index contributed by atoms with van der Waals surface area (Å²) >= 11 is 2.65. The lowest BCUT2D eigenvalue weighted by Crippen LogP contribution is -2.14. The van der Waals surface area contributed by atoms with Crippen LogP contribution < -0.4 is 15.4 Å². The van der Waals surface area contributed by atoms with Crippen LogP contribution in [0.1, 0.15) is 6.92 Å². The highest BCUT2D eigenvalue weighted by atomic mass is 32.2. The third-order valence-electron chi connectivity index (χ3n) is 4.42. The van der Waals surface area contributed by atoms with Gasteiger partial charge in [0.15, 0.2) is 0 Å². The number of methoxy groups -OCH3 is 1. The zero-order chi connectivity index (χ0) is 22.5. The van der Waals surface area contributed by atoms with Gasteiger partial charge in [-0.15, -0.1) is 0 Å². The molecule has 2 heterocycles. The summed E-state index contributed by atoms with van der Waals surface area (Å²) in [5, 5.41) is 6.24. The average molecular weight is 466 g/mol. The van der Waals surface area contributed by atoms with Crippen molar-refractivity contribution in [2.75, 3.05) is 23.5 Å². The predicted octanol–water partition coefficient (Wildman–Crippen LogP) is 4.45. The number of rotatable bonds is 7. The monoisotopic (exact) mass is 465 g/mol. The van der Waals surface area contributed by atoms with Crippen molar-refractivity contribution in [3.63, 3.8) is 0 Å². The van der Waals surface area contributed by atoms with Gasteiger partial charge in [-0.05, 0) is 60.1 Å². The minimum atomic E-state index is -0.158. The highest BCUT2D eigenvalue weighted by Crippen LogP contribution is 2.34. The van der Waals surface area contributed by atoms with Crippen LogP contribution in [0.3, 0.4) is 0 Å². The Balaban J connectivity index is 1.43. The predicted molar refractivity (Wildman–Crippen MR) is 127 cm³/mol. The van der Waals surface area contributed by atoms with E-state index >= 15 is 0 Å². The molecule has 0 radical (unpaired) electrons. The number of fused-ring (bicyclic) bond motifs is 1. The molecule has 4 rings (SSSR count). The number of nitrogens with zero attached hydrogens (tertiary/aromatic N) is 3. The van der Waals surface area contributed by atoms with Crippen molar-refractivity contribution in [1.82, 2.24) is 14.3 Å². The van der Waals surface area contributed by atoms with Gasteiger partial charge in [0.1, 0.15) is 33.0 Å². The smallest absolute Gasteiger partial charge is 0.234 e. The molecule has 0 aliphatic rings. The van der Waals surface area contributed by atoms with Crippen LogP contribution in [0.4, 0.5) is 11.4 Å². The van der Waals surface area contributed by atoms with Crippen LogP contribution in [-0.4, -0.2) is 39.0 Å². The second kappa shape index (κ2) is 9.75. The number of benzene rings is 2. The molecule has 0 spiro atoms. The van der Waals surface area contributed by atoms with Gasteiger partial charge in [-0.25, -0.2) is 9.97 Å². The maximum atomic E-state index is 12.4. The van der Waals surface area contributed by atoms with Gasteiger partial charge in [0.2, 0.25) is 11.8 Å². The molecule has 0 atom stereocenters. The quantitative estimate of drug-likeness (QED) is 0.307. The van der Waals surface area contributed by atoms with Crippen LogP contribution in [0, 0.1) is 0 Å². The van der Waals surface area contributed by atoms with Crippen molar-refractivity contribution in [1.29, 1.82) is 0 Å². The topological polar surface area (TPSA) is 106 Å². The first kappa shape index (κ1) is 21.7. The minimum Gasteiger partial charge on any atom is -0.497 e. The van der Waals surface area contributed by atoms with Crippen LogP contribution in [-0.2, 0) is 9.59 Å². The fraction of sp³-hybridized carbons (Fsp3) is 0.136. The normalized spacial score (nSPS) is 10.7. The van der Waals surface area contributed by atoms with Gasteiger partial charge >= 0.3 is 0 Å². The third kappa shape index (κ3) is 5.04. The lowest BCUT2D eigenvalue weighted by molar-refractivity contribution is -0.114. The molecule has 0 fully saturated rings. The Morgan fingerprint density at radius 1 is 1.00 bits per heavy atom. The van der Waals surface area contributed by atoms with Crippen molar-refractivity contribution < 1.29 is 14.3 Å². The van der Waals surface area contributed by atoms with Crippen LogP contribution in [0.5, 0.6) is 5.75 Å². The molecule has 0 aliphatic heterocycles. The summed E-state index contributed by atoms with van der Waals surface area (Å²) in [6.45, 7) is 1.44. The van der Waals surface area contributed by atoms with Gasteiger partial charge in [0, 0.05) is 23.9 Å². The van der Waals surface area contributed by atoms with Gasteiger partial charge < -0.3 is 15.4 Å². The van der Waals surface area contributed by atoms with Crippen LogP contribution in [0.15, 0.2) is 59.9 Å². The second-order valence-electron chi connectivity index (χ2n) is 6.71. The number of amides is 2. The van der Waals surface area contributed by atoms with E-state index in [1.165, 1.54) is 36.5 Å². The van der Waals surface area contributed by atoms with Crippen LogP contribution >= 0.6 is 23.3 Å². The van der Waals surface area contributed by atoms with Crippen LogP contribution in [0.25, 0.3) is 21.5 Å². The van der Waals surface area contributed by atoms with Crippen molar-refractivity contribution in [3.05, 3.63) is 54.9 Å². The molecule has 4 aromatic rings. The number of carbonyl (C=O) groups is 2. The maximum absolute atomic E-state index is 12.4. The first-order valence-electron chi connectivity index (χ1n) is 9.58. The molecule has 0 bridgehead atoms. The van der Waals surface area contributed by atoms with E-state index in [-0.39, 0.29) is 17.6 Å². The molecule has 10 heteroatoms. The highest BCUT2D eigenvalue weighted by Gasteiger charge is 2.15. The highest BCUT2D eigenvalue weighted by molar-refractivity contribution is 8.00. The molecular formula is C22H19N5O3S2. The summed E-state index contributed by atoms with van der Waals surface area (Å²) in [6, 6.07) is 14.6. The van der Waals surface area contributed by atoms with E-state index < -0.39 is 0 Å². The van der Waals surface area contributed by atoms with Crippen LogP contribution in [0.2, 0.25) is 0 Å². The molecule has 32 heavy (non-hydrogen) atoms. The van der Waals surface area contributed by atoms with Crippen molar-refractivity contribution in [2.24, 2.45) is 0 Å². The number of ether oxygens (including phenoxy) is 1. The first-order chi connectivity index (χ1) is 15.5. The molecule has 2 aromatic heterocycles. The zero-order valence-electron chi connectivity index (χ0n) is 17.3. The summed E-state index contributed by atoms with van der Waals surface area (Å²) in [6.07, 6.45) is 1.49. The Morgan fingerprint density at radius 3 is 2.34 bits per heavy atom. The number of hydrogen-bond donors (Lipinski definition) is 2. The lowest BCUT2D eigenvalue weighted by atomic mass is 10.1. The Kier molecular flexibility index (Phi) is 6.62. The molecule has 2 amide bonds. The van der Waals surface area contributed by atoms with E-state index in [4.69, 9.17) is 4.74 Å². The summed E-state index contributed by atoms with van der Waals surface area (Å²) < 4.78 is 10.6. The number of hydrogen-bond acceptors (Lipinski definition) is 8. The van der Waals surface area contributed by atoms with E-state index in [0.717, 1.165) is 27.2 Å². The zero-order valence-corrected chi connectivity index (χ0v) is 18.9. The van der Waals surface area contributed by atoms with Gasteiger partial charge in [-0.3, -0.25) is 9.59 Å². The molecule has 162 valence electrons. The summed E-state index contributed by atoms with van der Waals surface area (Å²) in [5.74, 6) is 0.659. The molecule has 2 aromatic carbocycles. The van der Waals surface area contributed by atoms with E-state index in [0.29, 0.717) is 16.4 Å². The van der Waals surface area contributed by atoms with Crippen molar-refractivity contribution in [2.45, 2.75) is 11.9 Å². The maximum Gasteiger partial charge on any atom is 0.234 e. The van der Waals surface area contributed by atoms with E-state index in [1.807, 2.05) is 24.3 Å². The summed E-state index contributed by atoms with van der Waals surface area (Å²) in [4.78, 5) is 32.2. The Bertz CT molecular complexity index is 1260. The van der Waals surface area contributed by atoms with E-state index in [2.05, 4.69) is 25.0 Å². The lowest BCUT2D eigenvalue weighted by Gasteiger charge is -2.07. The minimum absolute atomic E-state index is 0.146. The van der Waals surface area contributed by atoms with E-state index in [1.54, 1.807) is 31.4 Å². The first-order valence-corrected chi connectivity index (χ1v) is 11.3. The Hall–Kier alpha value is -3.50. The molecule has 2 N–H and O–H groups in total. The van der Waals surface area contributed by atoms with Gasteiger partial charge in [-0.2, -0.15) is 4.37 Å². The fourth-order valence-electron chi connectivity index (χ4n) is 2.96. The molecule has 0 saturated heterocycles. The van der Waals surface area contributed by atoms with Crippen molar-refractivity contribution >= 4 is 56.7 Å². The Labute approximate surface area is 192 Å². The second-order valence-corrected chi connectivity index (χ2v) is 8.45. The van der Waals surface area contributed by atoms with Gasteiger partial charge in [-0.1, -0.05) is 11.8 Å². The number of anilines is 2. The molecule has 0 unspecified atom stereocenters. The average Bonchev–Trinajstić information content (AvgIpc) is 3.23. The van der Waals surface area contributed by atoms with Gasteiger partial charge in [0.25, 0.3) is 0 Å². The van der Waals surface area contributed by atoms with E-state index in [9.17, 15) is 9.59 Å². The number of carbonyl (C=O) groups excluding carboxylic acids is 2. The Morgan fingerprint density at radius 2 is 1.69 bits per heavy atom. The molecular weight excluding hydrogens is 446 g/mol. The van der Waals surface area contributed by atoms with Crippen molar-refractivity contribution in [3.8, 4) is 17.0 Å². The standard InChI is InChI=1S/C22H19N5O3S2/c1-13(28)25-15-5-7-16(8-6-15)26-18(29)11-31-22-21-20(23-12-24-22)19(27-32-21)14-3-9-17(30-2)10-4-14/h3-10,12H,11H2,1-2H3,(H,25,28)(H,26,29). The molecule has 0 aliphatic carbocycles. The summed E-state index contributed by atoms with van der Waals surface area (Å²) in [5.41, 5.74) is 3.79. The third-order valence-corrected chi connectivity index (χ3v) is 6.38. The molecule has 8 nitrogen and oxygen atoms in total. The number of aromatic nitrogens is 3. The number of nitrogens with one attached hydrogen (secondary N) is 2.